The lowest BCUT2D eigenvalue weighted by molar-refractivity contribution is -0.681. The summed E-state index contributed by atoms with van der Waals surface area (Å²) in [4.78, 5) is 21.9. The number of carbonyl (C=O) groups excluding carboxylic acids is 2. The number of methoxy groups -OCH3 is 2. The van der Waals surface area contributed by atoms with Gasteiger partial charge in [-0.25, -0.2) is 4.79 Å². The molecule has 0 aliphatic carbocycles. The lowest BCUT2D eigenvalue weighted by Crippen LogP contribution is -2.35. The molecular weight excluding hydrogens is 217 g/mol. The van der Waals surface area contributed by atoms with Crippen LogP contribution >= 0.6 is 7.53 Å². The van der Waals surface area contributed by atoms with Crippen molar-refractivity contribution in [3.63, 3.8) is 0 Å². The molecule has 0 saturated heterocycles. The molecule has 1 rings (SSSR count). The average molecular weight is 230 g/mol. The minimum absolute atomic E-state index is 0.188. The zero-order valence-electron chi connectivity index (χ0n) is 8.67. The largest absolute Gasteiger partial charge is 0.469 e. The van der Waals surface area contributed by atoms with Crippen molar-refractivity contribution in [3.8, 4) is 0 Å². The maximum absolute atomic E-state index is 11.0. The number of esters is 2. The average Bonchev–Trinajstić information content (AvgIpc) is 2.65. The van der Waals surface area contributed by atoms with E-state index in [0.29, 0.717) is 6.16 Å². The Hall–Kier alpha value is -1.35. The van der Waals surface area contributed by atoms with Crippen molar-refractivity contribution < 1.29 is 23.6 Å². The molecule has 0 radical (unpaired) electrons. The zero-order valence-corrected chi connectivity index (χ0v) is 9.57. The molecule has 1 aromatic rings. The predicted octanol–water partition coefficient (Wildman–Crippen LogP) is 0.307. The van der Waals surface area contributed by atoms with Crippen molar-refractivity contribution in [2.45, 2.75) is 12.7 Å². The molecular formula is C9H13NO4P+. The van der Waals surface area contributed by atoms with Crippen LogP contribution in [0.3, 0.4) is 0 Å². The van der Waals surface area contributed by atoms with E-state index in [4.69, 9.17) is 0 Å². The molecule has 0 bridgehead atoms. The van der Waals surface area contributed by atoms with E-state index in [2.05, 4.69) is 9.47 Å². The third kappa shape index (κ3) is 3.72. The summed E-state index contributed by atoms with van der Waals surface area (Å²) in [6.07, 6.45) is 2.14. The van der Waals surface area contributed by atoms with Gasteiger partial charge in [-0.2, -0.15) is 4.57 Å². The van der Waals surface area contributed by atoms with E-state index >= 15 is 0 Å². The first kappa shape index (κ1) is 11.7. The van der Waals surface area contributed by atoms with Gasteiger partial charge < -0.3 is 9.47 Å². The van der Waals surface area contributed by atoms with E-state index in [0.717, 1.165) is 0 Å². The van der Waals surface area contributed by atoms with Crippen LogP contribution < -0.4 is 4.57 Å². The van der Waals surface area contributed by atoms with Crippen LogP contribution in [0.4, 0.5) is 0 Å². The van der Waals surface area contributed by atoms with E-state index in [1.54, 1.807) is 10.8 Å². The molecule has 5 nitrogen and oxygen atoms in total. The first-order valence-corrected chi connectivity index (χ1v) is 6.00. The van der Waals surface area contributed by atoms with Crippen LogP contribution in [0, 0.1) is 0 Å². The molecule has 1 heterocycles. The zero-order chi connectivity index (χ0) is 11.3. The standard InChI is InChI=1S/C9H13NO4P/c1-13-8(11)5-10-3-4-15(7-10)6-9(12)14-2/h3-4,7H,5-6H2,1-2H3/q+1. The van der Waals surface area contributed by atoms with Crippen LogP contribution in [0.2, 0.25) is 0 Å². The van der Waals surface area contributed by atoms with Gasteiger partial charge in [0.2, 0.25) is 6.54 Å². The quantitative estimate of drug-likeness (QED) is 0.551. The Labute approximate surface area is 88.7 Å². The number of nitrogens with zero attached hydrogens (tertiary/aromatic N) is 1. The summed E-state index contributed by atoms with van der Waals surface area (Å²) < 4.78 is 10.8. The fourth-order valence-corrected chi connectivity index (χ4v) is 2.63. The Kier molecular flexibility index (Phi) is 4.31. The lowest BCUT2D eigenvalue weighted by Gasteiger charge is -1.94. The minimum Gasteiger partial charge on any atom is -0.469 e. The van der Waals surface area contributed by atoms with E-state index in [1.165, 1.54) is 14.2 Å². The van der Waals surface area contributed by atoms with E-state index in [9.17, 15) is 9.59 Å². The van der Waals surface area contributed by atoms with Crippen molar-refractivity contribution in [1.82, 2.24) is 0 Å². The third-order valence-corrected chi connectivity index (χ3v) is 3.56. The number of hydrogen-bond donors (Lipinski definition) is 0. The monoisotopic (exact) mass is 230 g/mol. The van der Waals surface area contributed by atoms with Gasteiger partial charge in [-0.3, -0.25) is 4.79 Å². The fraction of sp³-hybridized carbons (Fsp3) is 0.444. The maximum Gasteiger partial charge on any atom is 0.372 e. The number of ether oxygens (including phenoxy) is 2. The molecule has 6 heteroatoms. The van der Waals surface area contributed by atoms with Crippen molar-refractivity contribution in [2.75, 3.05) is 14.2 Å². The summed E-state index contributed by atoms with van der Waals surface area (Å²) in [6.45, 7) is 0.188. The molecule has 0 spiro atoms. The van der Waals surface area contributed by atoms with Crippen LogP contribution in [0.1, 0.15) is 0 Å². The van der Waals surface area contributed by atoms with Crippen molar-refractivity contribution >= 4 is 19.5 Å². The fourth-order valence-electron chi connectivity index (χ4n) is 1.05. The van der Waals surface area contributed by atoms with Gasteiger partial charge in [0, 0.05) is 5.80 Å². The first-order valence-electron chi connectivity index (χ1n) is 4.34. The van der Waals surface area contributed by atoms with Gasteiger partial charge in [-0.1, -0.05) is 0 Å². The third-order valence-electron chi connectivity index (χ3n) is 1.82. The Bertz CT molecular complexity index is 328. The summed E-state index contributed by atoms with van der Waals surface area (Å²) in [5.74, 6) is 3.24. The second-order valence-corrected chi connectivity index (χ2v) is 4.78. The van der Waals surface area contributed by atoms with Crippen LogP contribution in [0.25, 0.3) is 0 Å². The molecule has 1 aromatic heterocycles. The Balaban J connectivity index is 2.56. The van der Waals surface area contributed by atoms with E-state index in [1.807, 2.05) is 11.7 Å². The summed E-state index contributed by atoms with van der Waals surface area (Å²) >= 11 is 0. The molecule has 0 aliphatic heterocycles. The number of carbonyl (C=O) groups is 2. The van der Waals surface area contributed by atoms with Gasteiger partial charge in [0.25, 0.3) is 0 Å². The van der Waals surface area contributed by atoms with Crippen LogP contribution in [0.15, 0.2) is 17.9 Å². The van der Waals surface area contributed by atoms with Gasteiger partial charge in [-0.05, 0) is 7.53 Å². The van der Waals surface area contributed by atoms with Gasteiger partial charge in [0.15, 0.2) is 12.1 Å². The molecule has 15 heavy (non-hydrogen) atoms. The Morgan fingerprint density at radius 1 is 1.27 bits per heavy atom. The molecule has 1 atom stereocenters. The second kappa shape index (κ2) is 5.51. The highest BCUT2D eigenvalue weighted by molar-refractivity contribution is 7.48. The van der Waals surface area contributed by atoms with Gasteiger partial charge in [0.05, 0.1) is 20.4 Å². The van der Waals surface area contributed by atoms with Crippen molar-refractivity contribution in [1.29, 1.82) is 0 Å². The molecule has 0 saturated carbocycles. The van der Waals surface area contributed by atoms with Crippen LogP contribution in [0.5, 0.6) is 0 Å². The normalized spacial score (nSPS) is 10.9. The summed E-state index contributed by atoms with van der Waals surface area (Å²) in [7, 11) is 2.08. The predicted molar refractivity (Wildman–Crippen MR) is 53.4 cm³/mol. The van der Waals surface area contributed by atoms with Crippen molar-refractivity contribution in [3.05, 3.63) is 17.9 Å². The van der Waals surface area contributed by atoms with Crippen molar-refractivity contribution in [2.24, 2.45) is 0 Å². The van der Waals surface area contributed by atoms with Gasteiger partial charge in [0.1, 0.15) is 0 Å². The molecule has 0 aromatic carbocycles. The highest BCUT2D eigenvalue weighted by atomic mass is 31.1. The summed E-state index contributed by atoms with van der Waals surface area (Å²) in [5, 5.41) is 0. The van der Waals surface area contributed by atoms with E-state index < -0.39 is 7.53 Å². The molecule has 82 valence electrons. The second-order valence-electron chi connectivity index (χ2n) is 2.91. The Morgan fingerprint density at radius 3 is 2.53 bits per heavy atom. The topological polar surface area (TPSA) is 56.5 Å². The minimum atomic E-state index is -0.627. The number of hydrogen-bond acceptors (Lipinski definition) is 4. The van der Waals surface area contributed by atoms with Crippen LogP contribution in [-0.2, 0) is 31.8 Å². The maximum atomic E-state index is 11.0. The summed E-state index contributed by atoms with van der Waals surface area (Å²) in [6, 6.07) is 0. The molecule has 0 N–H and O–H groups in total. The first-order chi connectivity index (χ1) is 7.15. The van der Waals surface area contributed by atoms with Gasteiger partial charge >= 0.3 is 11.9 Å². The Morgan fingerprint density at radius 2 is 1.93 bits per heavy atom. The highest BCUT2D eigenvalue weighted by Gasteiger charge is 2.13. The molecule has 0 fully saturated rings. The molecule has 0 amide bonds. The summed E-state index contributed by atoms with van der Waals surface area (Å²) in [5.41, 5.74) is 0. The highest BCUT2D eigenvalue weighted by Crippen LogP contribution is 2.25. The lowest BCUT2D eigenvalue weighted by atomic mass is 10.6. The van der Waals surface area contributed by atoms with E-state index in [-0.39, 0.29) is 18.5 Å². The number of aromatic nitrogens is 1. The SMILES string of the molecule is COC(=O)C[n+]1ccp(CC(=O)OC)c1. The number of rotatable bonds is 4. The van der Waals surface area contributed by atoms with Gasteiger partial charge in [-0.15, -0.1) is 0 Å². The van der Waals surface area contributed by atoms with Crippen LogP contribution in [-0.4, -0.2) is 26.2 Å². The smallest absolute Gasteiger partial charge is 0.372 e. The molecule has 0 aliphatic rings. The molecule has 1 unspecified atom stereocenters.